The molecule has 0 bridgehead atoms. The van der Waals surface area contributed by atoms with Crippen LogP contribution in [-0.4, -0.2) is 27.4 Å². The number of nitrogens with zero attached hydrogens (tertiary/aromatic N) is 1. The molecule has 8 heteroatoms. The first-order valence-electron chi connectivity index (χ1n) is 9.64. The number of halogens is 2. The average Bonchev–Trinajstić information content (AvgIpc) is 2.79. The van der Waals surface area contributed by atoms with Crippen LogP contribution in [0, 0.1) is 0 Å². The molecule has 0 saturated carbocycles. The van der Waals surface area contributed by atoms with Crippen molar-refractivity contribution < 1.29 is 13.2 Å². The highest BCUT2D eigenvalue weighted by atomic mass is 35.5. The summed E-state index contributed by atoms with van der Waals surface area (Å²) >= 11 is 12.4. The van der Waals surface area contributed by atoms with E-state index in [1.165, 1.54) is 18.2 Å². The van der Waals surface area contributed by atoms with Crippen molar-refractivity contribution in [3.63, 3.8) is 0 Å². The summed E-state index contributed by atoms with van der Waals surface area (Å²) in [5.74, 6) is -0.377. The van der Waals surface area contributed by atoms with Gasteiger partial charge in [0.15, 0.2) is 0 Å². The molecule has 0 saturated heterocycles. The molecule has 5 nitrogen and oxygen atoms in total. The Hall–Kier alpha value is -2.54. The molecule has 31 heavy (non-hydrogen) atoms. The topological polar surface area (TPSA) is 66.5 Å². The summed E-state index contributed by atoms with van der Waals surface area (Å²) in [4.78, 5) is 12.8. The summed E-state index contributed by atoms with van der Waals surface area (Å²) < 4.78 is 27.7. The Labute approximate surface area is 192 Å². The Bertz CT molecular complexity index is 1140. The molecule has 0 radical (unpaired) electrons. The third-order valence-corrected chi connectivity index (χ3v) is 7.38. The van der Waals surface area contributed by atoms with Crippen molar-refractivity contribution >= 4 is 44.8 Å². The predicted molar refractivity (Wildman–Crippen MR) is 125 cm³/mol. The fourth-order valence-electron chi connectivity index (χ4n) is 3.06. The summed E-state index contributed by atoms with van der Waals surface area (Å²) in [5.41, 5.74) is 1.22. The Morgan fingerprint density at radius 2 is 1.55 bits per heavy atom. The van der Waals surface area contributed by atoms with Crippen LogP contribution in [-0.2, 0) is 14.8 Å². The summed E-state index contributed by atoms with van der Waals surface area (Å²) in [5, 5.41) is 3.08. The SMILES string of the molecule is C[C@H](CNC(=O)CN(c1cccc(Cl)c1Cl)S(=O)(=O)c1ccccc1)c1ccccc1. The van der Waals surface area contributed by atoms with Crippen LogP contribution in [0.2, 0.25) is 10.0 Å². The first kappa shape index (κ1) is 23.1. The van der Waals surface area contributed by atoms with E-state index >= 15 is 0 Å². The van der Waals surface area contributed by atoms with Crippen LogP contribution in [0.1, 0.15) is 18.4 Å². The normalized spacial score (nSPS) is 12.2. The van der Waals surface area contributed by atoms with Crippen molar-refractivity contribution in [2.75, 3.05) is 17.4 Å². The van der Waals surface area contributed by atoms with Crippen LogP contribution in [0.4, 0.5) is 5.69 Å². The lowest BCUT2D eigenvalue weighted by Gasteiger charge is -2.25. The summed E-state index contributed by atoms with van der Waals surface area (Å²) in [7, 11) is -4.05. The summed E-state index contributed by atoms with van der Waals surface area (Å²) in [6.45, 7) is 1.92. The molecule has 0 unspecified atom stereocenters. The predicted octanol–water partition coefficient (Wildman–Crippen LogP) is 5.11. The van der Waals surface area contributed by atoms with Gasteiger partial charge in [0.2, 0.25) is 5.91 Å². The molecule has 1 N–H and O–H groups in total. The maximum Gasteiger partial charge on any atom is 0.264 e. The van der Waals surface area contributed by atoms with Crippen LogP contribution in [0.25, 0.3) is 0 Å². The van der Waals surface area contributed by atoms with Crippen molar-refractivity contribution in [3.8, 4) is 0 Å². The molecule has 3 aromatic carbocycles. The Balaban J connectivity index is 1.85. The minimum atomic E-state index is -4.05. The first-order chi connectivity index (χ1) is 14.8. The van der Waals surface area contributed by atoms with Gasteiger partial charge < -0.3 is 5.32 Å². The lowest BCUT2D eigenvalue weighted by molar-refractivity contribution is -0.119. The second-order valence-corrected chi connectivity index (χ2v) is 9.66. The fraction of sp³-hybridized carbons (Fsp3) is 0.174. The van der Waals surface area contributed by atoms with Crippen molar-refractivity contribution in [2.24, 2.45) is 0 Å². The van der Waals surface area contributed by atoms with E-state index in [2.05, 4.69) is 5.32 Å². The average molecular weight is 477 g/mol. The third-order valence-electron chi connectivity index (χ3n) is 4.79. The molecule has 0 heterocycles. The molecular formula is C23H22Cl2N2O3S. The lowest BCUT2D eigenvalue weighted by atomic mass is 10.0. The van der Waals surface area contributed by atoms with E-state index in [1.54, 1.807) is 30.3 Å². The van der Waals surface area contributed by atoms with Crippen LogP contribution in [0.3, 0.4) is 0 Å². The molecule has 3 rings (SSSR count). The van der Waals surface area contributed by atoms with Crippen molar-refractivity contribution in [2.45, 2.75) is 17.7 Å². The molecule has 0 aliphatic carbocycles. The second-order valence-electron chi connectivity index (χ2n) is 7.01. The van der Waals surface area contributed by atoms with Gasteiger partial charge in [-0.15, -0.1) is 0 Å². The number of hydrogen-bond acceptors (Lipinski definition) is 3. The van der Waals surface area contributed by atoms with Gasteiger partial charge in [0.25, 0.3) is 10.0 Å². The number of rotatable bonds is 8. The summed E-state index contributed by atoms with van der Waals surface area (Å²) in [6.07, 6.45) is 0. The number of hydrogen-bond donors (Lipinski definition) is 1. The van der Waals surface area contributed by atoms with Gasteiger partial charge in [-0.2, -0.15) is 0 Å². The molecule has 0 spiro atoms. The number of carbonyl (C=O) groups excluding carboxylic acids is 1. The highest BCUT2D eigenvalue weighted by molar-refractivity contribution is 7.92. The van der Waals surface area contributed by atoms with E-state index in [-0.39, 0.29) is 26.5 Å². The lowest BCUT2D eigenvalue weighted by Crippen LogP contribution is -2.42. The van der Waals surface area contributed by atoms with E-state index < -0.39 is 22.5 Å². The van der Waals surface area contributed by atoms with E-state index in [9.17, 15) is 13.2 Å². The van der Waals surface area contributed by atoms with Gasteiger partial charge in [0.05, 0.1) is 20.6 Å². The highest BCUT2D eigenvalue weighted by Gasteiger charge is 2.29. The van der Waals surface area contributed by atoms with Gasteiger partial charge in [-0.05, 0) is 35.7 Å². The number of nitrogens with one attached hydrogen (secondary N) is 1. The van der Waals surface area contributed by atoms with Crippen molar-refractivity contribution in [1.82, 2.24) is 5.32 Å². The number of carbonyl (C=O) groups is 1. The van der Waals surface area contributed by atoms with Crippen LogP contribution >= 0.6 is 23.2 Å². The smallest absolute Gasteiger partial charge is 0.264 e. The number of benzene rings is 3. The van der Waals surface area contributed by atoms with E-state index in [4.69, 9.17) is 23.2 Å². The van der Waals surface area contributed by atoms with E-state index in [0.717, 1.165) is 9.87 Å². The third kappa shape index (κ3) is 5.58. The van der Waals surface area contributed by atoms with Gasteiger partial charge >= 0.3 is 0 Å². The Morgan fingerprint density at radius 3 is 2.19 bits per heavy atom. The van der Waals surface area contributed by atoms with E-state index in [1.807, 2.05) is 37.3 Å². The number of anilines is 1. The monoisotopic (exact) mass is 476 g/mol. The molecule has 1 amide bonds. The Kier molecular flexibility index (Phi) is 7.59. The maximum atomic E-state index is 13.3. The molecule has 162 valence electrons. The van der Waals surface area contributed by atoms with Gasteiger partial charge in [-0.3, -0.25) is 9.10 Å². The minimum absolute atomic E-state index is 0.0523. The Morgan fingerprint density at radius 1 is 0.935 bits per heavy atom. The van der Waals surface area contributed by atoms with Gasteiger partial charge in [0.1, 0.15) is 6.54 Å². The fourth-order valence-corrected chi connectivity index (χ4v) is 4.96. The zero-order valence-electron chi connectivity index (χ0n) is 16.8. The second kappa shape index (κ2) is 10.2. The van der Waals surface area contributed by atoms with Gasteiger partial charge in [-0.1, -0.05) is 84.7 Å². The molecule has 0 fully saturated rings. The summed E-state index contributed by atoms with van der Waals surface area (Å²) in [6, 6.07) is 22.3. The zero-order valence-corrected chi connectivity index (χ0v) is 19.2. The quantitative estimate of drug-likeness (QED) is 0.491. The van der Waals surface area contributed by atoms with Gasteiger partial charge in [0, 0.05) is 6.54 Å². The minimum Gasteiger partial charge on any atom is -0.354 e. The van der Waals surface area contributed by atoms with Gasteiger partial charge in [-0.25, -0.2) is 8.42 Å². The number of sulfonamides is 1. The molecule has 1 atom stereocenters. The molecule has 0 aliphatic heterocycles. The maximum absolute atomic E-state index is 13.3. The van der Waals surface area contributed by atoms with Crippen molar-refractivity contribution in [3.05, 3.63) is 94.5 Å². The largest absolute Gasteiger partial charge is 0.354 e. The molecule has 0 aromatic heterocycles. The van der Waals surface area contributed by atoms with Crippen LogP contribution < -0.4 is 9.62 Å². The molecular weight excluding hydrogens is 455 g/mol. The first-order valence-corrected chi connectivity index (χ1v) is 11.8. The van der Waals surface area contributed by atoms with E-state index in [0.29, 0.717) is 6.54 Å². The highest BCUT2D eigenvalue weighted by Crippen LogP contribution is 2.35. The van der Waals surface area contributed by atoms with Crippen LogP contribution in [0.5, 0.6) is 0 Å². The van der Waals surface area contributed by atoms with Crippen molar-refractivity contribution in [1.29, 1.82) is 0 Å². The number of amides is 1. The zero-order chi connectivity index (χ0) is 22.4. The van der Waals surface area contributed by atoms with Crippen LogP contribution in [0.15, 0.2) is 83.8 Å². The standard InChI is InChI=1S/C23H22Cl2N2O3S/c1-17(18-9-4-2-5-10-18)15-26-22(28)16-27(21-14-8-13-20(24)23(21)25)31(29,30)19-11-6-3-7-12-19/h2-14,17H,15-16H2,1H3,(H,26,28)/t17-/m1/s1. The molecule has 3 aromatic rings. The molecule has 0 aliphatic rings.